The van der Waals surface area contributed by atoms with Crippen LogP contribution < -0.4 is 5.32 Å². The van der Waals surface area contributed by atoms with Crippen molar-refractivity contribution in [2.24, 2.45) is 5.92 Å². The second-order valence-electron chi connectivity index (χ2n) is 6.91. The van der Waals surface area contributed by atoms with E-state index in [1.54, 1.807) is 4.90 Å². The molecular formula is C20H25N3O3. The van der Waals surface area contributed by atoms with Crippen molar-refractivity contribution in [1.82, 2.24) is 15.2 Å². The topological polar surface area (TPSA) is 82.5 Å². The molecule has 2 aromatic rings. The van der Waals surface area contributed by atoms with Gasteiger partial charge in [0.25, 0.3) is 0 Å². The lowest BCUT2D eigenvalue weighted by Crippen LogP contribution is -2.30. The van der Waals surface area contributed by atoms with Gasteiger partial charge in [0.15, 0.2) is 0 Å². The van der Waals surface area contributed by atoms with E-state index >= 15 is 0 Å². The Balaban J connectivity index is 1.54. The number of hydrogen-bond donors (Lipinski definition) is 2. The van der Waals surface area contributed by atoms with Crippen LogP contribution >= 0.6 is 0 Å². The summed E-state index contributed by atoms with van der Waals surface area (Å²) < 4.78 is 0. The minimum Gasteiger partial charge on any atom is -0.391 e. The van der Waals surface area contributed by atoms with E-state index in [0.717, 1.165) is 16.6 Å². The molecule has 26 heavy (non-hydrogen) atoms. The van der Waals surface area contributed by atoms with E-state index in [9.17, 15) is 14.7 Å². The molecular weight excluding hydrogens is 330 g/mol. The first-order valence-electron chi connectivity index (χ1n) is 9.08. The van der Waals surface area contributed by atoms with Crippen LogP contribution in [0.3, 0.4) is 0 Å². The average molecular weight is 355 g/mol. The van der Waals surface area contributed by atoms with Crippen molar-refractivity contribution in [3.8, 4) is 0 Å². The van der Waals surface area contributed by atoms with Crippen LogP contribution in [0.4, 0.5) is 0 Å². The summed E-state index contributed by atoms with van der Waals surface area (Å²) in [7, 11) is 0. The molecule has 0 aliphatic carbocycles. The van der Waals surface area contributed by atoms with Crippen molar-refractivity contribution in [3.05, 3.63) is 42.1 Å². The maximum Gasteiger partial charge on any atom is 0.222 e. The zero-order valence-corrected chi connectivity index (χ0v) is 15.0. The van der Waals surface area contributed by atoms with Gasteiger partial charge in [-0.25, -0.2) is 0 Å². The lowest BCUT2D eigenvalue weighted by molar-refractivity contribution is -0.130. The van der Waals surface area contributed by atoms with E-state index in [0.29, 0.717) is 38.9 Å². The summed E-state index contributed by atoms with van der Waals surface area (Å²) in [6.45, 7) is 2.89. The number of fused-ring (bicyclic) bond motifs is 1. The van der Waals surface area contributed by atoms with Crippen LogP contribution in [0.15, 0.2) is 36.4 Å². The Morgan fingerprint density at radius 2 is 2.04 bits per heavy atom. The third-order valence-corrected chi connectivity index (χ3v) is 4.83. The van der Waals surface area contributed by atoms with Crippen LogP contribution in [-0.2, 0) is 16.0 Å². The lowest BCUT2D eigenvalue weighted by Gasteiger charge is -2.16. The molecule has 1 aromatic carbocycles. The summed E-state index contributed by atoms with van der Waals surface area (Å²) in [5, 5.41) is 14.1. The Hall–Kier alpha value is -2.47. The highest BCUT2D eigenvalue weighted by Gasteiger charge is 2.33. The Morgan fingerprint density at radius 3 is 2.85 bits per heavy atom. The number of nitrogens with one attached hydrogen (secondary N) is 1. The van der Waals surface area contributed by atoms with Gasteiger partial charge in [0.2, 0.25) is 11.8 Å². The van der Waals surface area contributed by atoms with E-state index in [2.05, 4.69) is 10.3 Å². The Kier molecular flexibility index (Phi) is 5.83. The molecule has 2 heterocycles. The number of hydrogen-bond acceptors (Lipinski definition) is 4. The molecule has 0 saturated carbocycles. The summed E-state index contributed by atoms with van der Waals surface area (Å²) in [4.78, 5) is 29.5. The van der Waals surface area contributed by atoms with Crippen molar-refractivity contribution in [1.29, 1.82) is 0 Å². The predicted octanol–water partition coefficient (Wildman–Crippen LogP) is 1.51. The second kappa shape index (κ2) is 8.27. The van der Waals surface area contributed by atoms with Gasteiger partial charge in [0.05, 0.1) is 11.6 Å². The molecule has 3 rings (SSSR count). The number of amides is 2. The summed E-state index contributed by atoms with van der Waals surface area (Å²) >= 11 is 0. The fourth-order valence-electron chi connectivity index (χ4n) is 3.41. The normalized spacial score (nSPS) is 19.7. The minimum absolute atomic E-state index is 0.00274. The smallest absolute Gasteiger partial charge is 0.222 e. The standard InChI is InChI=1S/C20H25N3O3/c1-14(24)21-10-4-7-20(26)23-12-16(19(25)13-23)11-17-9-8-15-5-2-3-6-18(15)22-17/h2-3,5-6,8-9,16,19,25H,4,7,10-13H2,1H3,(H,21,24). The molecule has 0 spiro atoms. The molecule has 6 nitrogen and oxygen atoms in total. The molecule has 0 bridgehead atoms. The van der Waals surface area contributed by atoms with Gasteiger partial charge in [-0.2, -0.15) is 0 Å². The molecule has 1 aromatic heterocycles. The molecule has 0 radical (unpaired) electrons. The van der Waals surface area contributed by atoms with Crippen LogP contribution in [0.25, 0.3) is 10.9 Å². The van der Waals surface area contributed by atoms with Crippen molar-refractivity contribution in [2.45, 2.75) is 32.3 Å². The monoisotopic (exact) mass is 355 g/mol. The van der Waals surface area contributed by atoms with Gasteiger partial charge in [0, 0.05) is 50.0 Å². The van der Waals surface area contributed by atoms with E-state index < -0.39 is 6.10 Å². The first kappa shape index (κ1) is 18.3. The molecule has 1 aliphatic heterocycles. The molecule has 138 valence electrons. The highest BCUT2D eigenvalue weighted by molar-refractivity contribution is 5.78. The molecule has 2 atom stereocenters. The highest BCUT2D eigenvalue weighted by Crippen LogP contribution is 2.23. The fourth-order valence-corrected chi connectivity index (χ4v) is 3.41. The van der Waals surface area contributed by atoms with Crippen molar-refractivity contribution >= 4 is 22.7 Å². The number of aliphatic hydroxyl groups is 1. The number of likely N-dealkylation sites (tertiary alicyclic amines) is 1. The average Bonchev–Trinajstić information content (AvgIpc) is 2.99. The van der Waals surface area contributed by atoms with E-state index in [1.807, 2.05) is 36.4 Å². The Morgan fingerprint density at radius 1 is 1.23 bits per heavy atom. The number of carbonyl (C=O) groups excluding carboxylic acids is 2. The fraction of sp³-hybridized carbons (Fsp3) is 0.450. The maximum absolute atomic E-state index is 12.3. The van der Waals surface area contributed by atoms with Crippen molar-refractivity contribution in [3.63, 3.8) is 0 Å². The zero-order chi connectivity index (χ0) is 18.5. The summed E-state index contributed by atoms with van der Waals surface area (Å²) in [5.41, 5.74) is 1.89. The minimum atomic E-state index is -0.525. The first-order chi connectivity index (χ1) is 12.5. The second-order valence-corrected chi connectivity index (χ2v) is 6.91. The largest absolute Gasteiger partial charge is 0.391 e. The highest BCUT2D eigenvalue weighted by atomic mass is 16.3. The SMILES string of the molecule is CC(=O)NCCCC(=O)N1CC(O)C(Cc2ccc3ccccc3n2)C1. The molecule has 1 fully saturated rings. The Bertz CT molecular complexity index is 793. The van der Waals surface area contributed by atoms with Gasteiger partial charge in [0.1, 0.15) is 0 Å². The van der Waals surface area contributed by atoms with Gasteiger partial charge < -0.3 is 15.3 Å². The van der Waals surface area contributed by atoms with Gasteiger partial charge in [-0.15, -0.1) is 0 Å². The number of carbonyl (C=O) groups is 2. The predicted molar refractivity (Wildman–Crippen MR) is 99.4 cm³/mol. The molecule has 1 saturated heterocycles. The third kappa shape index (κ3) is 4.58. The zero-order valence-electron chi connectivity index (χ0n) is 15.0. The van der Waals surface area contributed by atoms with Crippen LogP contribution in [-0.4, -0.2) is 52.5 Å². The van der Waals surface area contributed by atoms with E-state index in [4.69, 9.17) is 0 Å². The van der Waals surface area contributed by atoms with E-state index in [-0.39, 0.29) is 17.7 Å². The Labute approximate surface area is 153 Å². The number of para-hydroxylation sites is 1. The van der Waals surface area contributed by atoms with E-state index in [1.165, 1.54) is 6.92 Å². The third-order valence-electron chi connectivity index (χ3n) is 4.83. The molecule has 2 amide bonds. The van der Waals surface area contributed by atoms with Gasteiger partial charge in [-0.1, -0.05) is 24.3 Å². The van der Waals surface area contributed by atoms with Crippen LogP contribution in [0.5, 0.6) is 0 Å². The summed E-state index contributed by atoms with van der Waals surface area (Å²) in [5.74, 6) is -0.0525. The van der Waals surface area contributed by atoms with Crippen LogP contribution in [0.1, 0.15) is 25.5 Å². The maximum atomic E-state index is 12.3. The van der Waals surface area contributed by atoms with Crippen molar-refractivity contribution < 1.29 is 14.7 Å². The summed E-state index contributed by atoms with van der Waals surface area (Å²) in [6, 6.07) is 12.0. The van der Waals surface area contributed by atoms with Gasteiger partial charge in [-0.3, -0.25) is 14.6 Å². The molecule has 6 heteroatoms. The van der Waals surface area contributed by atoms with Gasteiger partial charge in [-0.05, 0) is 25.0 Å². The number of pyridine rings is 1. The number of benzene rings is 1. The molecule has 2 N–H and O–H groups in total. The number of rotatable bonds is 6. The van der Waals surface area contributed by atoms with Crippen molar-refractivity contribution in [2.75, 3.05) is 19.6 Å². The number of β-amino-alcohol motifs (C(OH)–C–C–N with tert-alkyl or cyclic N) is 1. The molecule has 2 unspecified atom stereocenters. The quantitative estimate of drug-likeness (QED) is 0.770. The number of nitrogens with zero attached hydrogens (tertiary/aromatic N) is 2. The number of aromatic nitrogens is 1. The number of aliphatic hydroxyl groups excluding tert-OH is 1. The molecule has 1 aliphatic rings. The van der Waals surface area contributed by atoms with Crippen LogP contribution in [0, 0.1) is 5.92 Å². The summed E-state index contributed by atoms with van der Waals surface area (Å²) in [6.07, 6.45) is 1.12. The van der Waals surface area contributed by atoms with Crippen LogP contribution in [0.2, 0.25) is 0 Å². The lowest BCUT2D eigenvalue weighted by atomic mass is 9.99. The van der Waals surface area contributed by atoms with Gasteiger partial charge >= 0.3 is 0 Å². The first-order valence-corrected chi connectivity index (χ1v) is 9.08.